The predicted molar refractivity (Wildman–Crippen MR) is 136 cm³/mol. The topological polar surface area (TPSA) is 45.6 Å². The molecule has 6 heteroatoms. The Bertz CT molecular complexity index is 1080. The summed E-state index contributed by atoms with van der Waals surface area (Å²) < 4.78 is 34.8. The molecule has 35 heavy (non-hydrogen) atoms. The molecule has 188 valence electrons. The molecule has 0 unspecified atom stereocenters. The van der Waals surface area contributed by atoms with Crippen molar-refractivity contribution >= 4 is 10.9 Å². The summed E-state index contributed by atoms with van der Waals surface area (Å²) in [5, 5.41) is 10.8. The maximum Gasteiger partial charge on any atom is 0.126 e. The molecule has 0 amide bonds. The number of piperidine rings is 1. The Morgan fingerprint density at radius 2 is 1.91 bits per heavy atom. The Kier molecular flexibility index (Phi) is 8.69. The van der Waals surface area contributed by atoms with Crippen LogP contribution in [0.3, 0.4) is 0 Å². The van der Waals surface area contributed by atoms with Gasteiger partial charge in [-0.3, -0.25) is 4.98 Å². The standard InChI is InChI=1S/C29H36F2N2O2/c1-35-24-9-10-27-25(18-24)28(23(19-30)20-32-27)26(31)11-12-29(21-34)13-16-33(17-14-29)15-5-8-22-6-3-2-4-7-22/h2-4,6-7,9-10,18,20,26,34H,5,8,11-17,19,21H2,1H3/t26-/m1/s1. The lowest BCUT2D eigenvalue weighted by Crippen LogP contribution is -2.42. The van der Waals surface area contributed by atoms with Crippen LogP contribution in [0.4, 0.5) is 8.78 Å². The first-order valence-electron chi connectivity index (χ1n) is 12.6. The molecule has 1 atom stereocenters. The van der Waals surface area contributed by atoms with Crippen molar-refractivity contribution in [2.75, 3.05) is 33.4 Å². The fraction of sp³-hybridized carbons (Fsp3) is 0.483. The molecule has 1 N–H and O–H groups in total. The van der Waals surface area contributed by atoms with Crippen LogP contribution in [0, 0.1) is 5.41 Å². The van der Waals surface area contributed by atoms with Gasteiger partial charge in [0.15, 0.2) is 0 Å². The van der Waals surface area contributed by atoms with E-state index in [2.05, 4.69) is 34.1 Å². The van der Waals surface area contributed by atoms with Crippen LogP contribution in [-0.2, 0) is 13.1 Å². The number of rotatable bonds is 11. The van der Waals surface area contributed by atoms with Gasteiger partial charge in [0.1, 0.15) is 18.6 Å². The Hall–Kier alpha value is -2.57. The molecule has 0 spiro atoms. The number of pyridine rings is 1. The molecule has 4 nitrogen and oxygen atoms in total. The second-order valence-electron chi connectivity index (χ2n) is 9.81. The third-order valence-corrected chi connectivity index (χ3v) is 7.62. The molecular formula is C29H36F2N2O2. The third-order valence-electron chi connectivity index (χ3n) is 7.62. The molecule has 2 aromatic carbocycles. The van der Waals surface area contributed by atoms with Gasteiger partial charge in [0, 0.05) is 29.3 Å². The van der Waals surface area contributed by atoms with E-state index >= 15 is 4.39 Å². The number of likely N-dealkylation sites (tertiary alicyclic amines) is 1. The van der Waals surface area contributed by atoms with Gasteiger partial charge in [0.25, 0.3) is 0 Å². The minimum atomic E-state index is -1.33. The Morgan fingerprint density at radius 1 is 1.14 bits per heavy atom. The maximum absolute atomic E-state index is 15.7. The van der Waals surface area contributed by atoms with E-state index in [4.69, 9.17) is 4.74 Å². The number of nitrogens with zero attached hydrogens (tertiary/aromatic N) is 2. The van der Waals surface area contributed by atoms with Crippen molar-refractivity contribution in [3.8, 4) is 5.75 Å². The number of aromatic nitrogens is 1. The summed E-state index contributed by atoms with van der Waals surface area (Å²) in [4.78, 5) is 6.75. The van der Waals surface area contributed by atoms with Gasteiger partial charge in [-0.25, -0.2) is 8.78 Å². The lowest BCUT2D eigenvalue weighted by atomic mass is 9.74. The van der Waals surface area contributed by atoms with Crippen molar-refractivity contribution in [2.24, 2.45) is 5.41 Å². The lowest BCUT2D eigenvalue weighted by Gasteiger charge is -2.41. The van der Waals surface area contributed by atoms with E-state index in [1.54, 1.807) is 25.3 Å². The van der Waals surface area contributed by atoms with Crippen molar-refractivity contribution in [3.63, 3.8) is 0 Å². The van der Waals surface area contributed by atoms with Gasteiger partial charge >= 0.3 is 0 Å². The molecule has 1 saturated heterocycles. The zero-order valence-electron chi connectivity index (χ0n) is 20.6. The summed E-state index contributed by atoms with van der Waals surface area (Å²) in [6.07, 6.45) is 4.80. The van der Waals surface area contributed by atoms with Crippen molar-refractivity contribution in [3.05, 3.63) is 71.4 Å². The first-order chi connectivity index (χ1) is 17.1. The zero-order chi connectivity index (χ0) is 24.7. The highest BCUT2D eigenvalue weighted by Crippen LogP contribution is 2.41. The van der Waals surface area contributed by atoms with Crippen LogP contribution in [0.15, 0.2) is 54.7 Å². The van der Waals surface area contributed by atoms with Gasteiger partial charge in [-0.05, 0) is 87.3 Å². The summed E-state index contributed by atoms with van der Waals surface area (Å²) in [5.74, 6) is 0.593. The van der Waals surface area contributed by atoms with Gasteiger partial charge in [0.2, 0.25) is 0 Å². The number of hydrogen-bond acceptors (Lipinski definition) is 4. The largest absolute Gasteiger partial charge is 0.497 e. The number of hydrogen-bond donors (Lipinski definition) is 1. The number of halogens is 2. The molecule has 1 aromatic heterocycles. The van der Waals surface area contributed by atoms with Gasteiger partial charge < -0.3 is 14.7 Å². The van der Waals surface area contributed by atoms with Gasteiger partial charge in [-0.15, -0.1) is 0 Å². The van der Waals surface area contributed by atoms with Gasteiger partial charge in [-0.2, -0.15) is 0 Å². The molecule has 0 bridgehead atoms. The van der Waals surface area contributed by atoms with E-state index in [0.29, 0.717) is 28.6 Å². The molecule has 0 aliphatic carbocycles. The van der Waals surface area contributed by atoms with Gasteiger partial charge in [0.05, 0.1) is 12.6 Å². The Morgan fingerprint density at radius 3 is 2.60 bits per heavy atom. The molecule has 0 saturated carbocycles. The second-order valence-corrected chi connectivity index (χ2v) is 9.81. The second kappa shape index (κ2) is 11.9. The Balaban J connectivity index is 1.36. The fourth-order valence-electron chi connectivity index (χ4n) is 5.30. The molecule has 3 aromatic rings. The highest BCUT2D eigenvalue weighted by molar-refractivity contribution is 5.85. The number of ether oxygens (including phenoxy) is 1. The molecular weight excluding hydrogens is 446 g/mol. The van der Waals surface area contributed by atoms with Crippen LogP contribution in [-0.4, -0.2) is 48.3 Å². The fourth-order valence-corrected chi connectivity index (χ4v) is 5.30. The van der Waals surface area contributed by atoms with E-state index in [0.717, 1.165) is 45.3 Å². The monoisotopic (exact) mass is 482 g/mol. The first-order valence-corrected chi connectivity index (χ1v) is 12.6. The molecule has 0 radical (unpaired) electrons. The smallest absolute Gasteiger partial charge is 0.126 e. The summed E-state index contributed by atoms with van der Waals surface area (Å²) in [7, 11) is 1.55. The predicted octanol–water partition coefficient (Wildman–Crippen LogP) is 6.21. The van der Waals surface area contributed by atoms with Crippen LogP contribution < -0.4 is 4.74 Å². The minimum absolute atomic E-state index is 0.0540. The lowest BCUT2D eigenvalue weighted by molar-refractivity contribution is 0.0299. The molecule has 1 aliphatic rings. The van der Waals surface area contributed by atoms with Crippen LogP contribution >= 0.6 is 0 Å². The summed E-state index contributed by atoms with van der Waals surface area (Å²) in [6.45, 7) is 2.15. The minimum Gasteiger partial charge on any atom is -0.497 e. The molecule has 1 fully saturated rings. The highest BCUT2D eigenvalue weighted by Gasteiger charge is 2.35. The summed E-state index contributed by atoms with van der Waals surface area (Å²) in [6, 6.07) is 15.8. The van der Waals surface area contributed by atoms with E-state index in [9.17, 15) is 9.50 Å². The number of alkyl halides is 2. The van der Waals surface area contributed by atoms with E-state index in [-0.39, 0.29) is 24.0 Å². The average molecular weight is 483 g/mol. The summed E-state index contributed by atoms with van der Waals surface area (Å²) >= 11 is 0. The van der Waals surface area contributed by atoms with E-state index in [1.807, 2.05) is 6.07 Å². The van der Waals surface area contributed by atoms with Crippen LogP contribution in [0.5, 0.6) is 5.75 Å². The van der Waals surface area contributed by atoms with E-state index in [1.165, 1.54) is 11.8 Å². The van der Waals surface area contributed by atoms with Crippen molar-refractivity contribution in [1.82, 2.24) is 9.88 Å². The number of aryl methyl sites for hydroxylation is 1. The Labute approximate surface area is 206 Å². The molecule has 2 heterocycles. The van der Waals surface area contributed by atoms with Crippen molar-refractivity contribution in [2.45, 2.75) is 51.4 Å². The zero-order valence-corrected chi connectivity index (χ0v) is 20.6. The normalized spacial score (nSPS) is 16.9. The SMILES string of the molecule is COc1ccc2ncc(CF)c([C@H](F)CCC3(CO)CCN(CCCc4ccccc4)CC3)c2c1. The number of benzene rings is 2. The third kappa shape index (κ3) is 6.17. The average Bonchev–Trinajstić information content (AvgIpc) is 2.92. The van der Waals surface area contributed by atoms with Crippen LogP contribution in [0.2, 0.25) is 0 Å². The molecule has 4 rings (SSSR count). The van der Waals surface area contributed by atoms with Crippen molar-refractivity contribution in [1.29, 1.82) is 0 Å². The van der Waals surface area contributed by atoms with Crippen LogP contribution in [0.1, 0.15) is 55.0 Å². The number of aliphatic hydroxyl groups excluding tert-OH is 1. The number of fused-ring (bicyclic) bond motifs is 1. The number of aliphatic hydroxyl groups is 1. The van der Waals surface area contributed by atoms with Crippen LogP contribution in [0.25, 0.3) is 10.9 Å². The quantitative estimate of drug-likeness (QED) is 0.353. The van der Waals surface area contributed by atoms with Crippen molar-refractivity contribution < 1.29 is 18.6 Å². The van der Waals surface area contributed by atoms with E-state index < -0.39 is 12.8 Å². The first kappa shape index (κ1) is 25.5. The highest BCUT2D eigenvalue weighted by atomic mass is 19.1. The maximum atomic E-state index is 15.7. The summed E-state index contributed by atoms with van der Waals surface area (Å²) in [5.41, 5.74) is 2.35. The number of methoxy groups -OCH3 is 1. The van der Waals surface area contributed by atoms with Gasteiger partial charge in [-0.1, -0.05) is 30.3 Å². The molecule has 1 aliphatic heterocycles.